The van der Waals surface area contributed by atoms with Crippen molar-refractivity contribution in [3.05, 3.63) is 71.6 Å². The van der Waals surface area contributed by atoms with Crippen LogP contribution in [0.4, 0.5) is 10.1 Å². The smallest absolute Gasteiger partial charge is 0.274 e. The van der Waals surface area contributed by atoms with Crippen molar-refractivity contribution in [3.8, 4) is 0 Å². The molecule has 1 amide bonds. The summed E-state index contributed by atoms with van der Waals surface area (Å²) in [5.41, 5.74) is 2.75. The molecule has 0 saturated heterocycles. The third-order valence-electron chi connectivity index (χ3n) is 7.67. The maximum atomic E-state index is 14.5. The number of halogens is 1. The molecule has 4 aromatic heterocycles. The summed E-state index contributed by atoms with van der Waals surface area (Å²) in [6.45, 7) is 4.93. The van der Waals surface area contributed by atoms with Crippen molar-refractivity contribution in [3.63, 3.8) is 0 Å². The second-order valence-electron chi connectivity index (χ2n) is 10.7. The van der Waals surface area contributed by atoms with Gasteiger partial charge in [0.15, 0.2) is 5.82 Å². The second kappa shape index (κ2) is 8.19. The van der Waals surface area contributed by atoms with Gasteiger partial charge in [-0.25, -0.2) is 8.91 Å². The number of hydrogen-bond donors (Lipinski definition) is 2. The van der Waals surface area contributed by atoms with E-state index in [2.05, 4.69) is 44.8 Å². The van der Waals surface area contributed by atoms with Gasteiger partial charge in [-0.3, -0.25) is 9.78 Å². The summed E-state index contributed by atoms with van der Waals surface area (Å²) in [5, 5.41) is 19.0. The molecule has 0 aliphatic heterocycles. The molecule has 4 aromatic rings. The van der Waals surface area contributed by atoms with E-state index in [9.17, 15) is 9.18 Å². The van der Waals surface area contributed by atoms with Crippen LogP contribution in [0, 0.1) is 11.7 Å². The SMILES string of the molecule is CC1CC(c2cncc(NC(=O)c3cc(CNC4(C)CC4)cc4c(F)cnn34)c2)(c2nncn2C)C1. The molecule has 0 unspecified atom stereocenters. The van der Waals surface area contributed by atoms with Crippen LogP contribution < -0.4 is 10.6 Å². The third kappa shape index (κ3) is 3.85. The fourth-order valence-electron chi connectivity index (χ4n) is 5.42. The summed E-state index contributed by atoms with van der Waals surface area (Å²) in [4.78, 5) is 17.8. The number of carbonyl (C=O) groups is 1. The van der Waals surface area contributed by atoms with E-state index in [1.807, 2.05) is 23.9 Å². The van der Waals surface area contributed by atoms with Crippen molar-refractivity contribution >= 4 is 17.1 Å². The molecule has 186 valence electrons. The highest BCUT2D eigenvalue weighted by Gasteiger charge is 2.48. The Balaban J connectivity index is 1.30. The summed E-state index contributed by atoms with van der Waals surface area (Å²) >= 11 is 0. The second-order valence-corrected chi connectivity index (χ2v) is 10.7. The number of hydrogen-bond acceptors (Lipinski definition) is 6. The Morgan fingerprint density at radius 2 is 2.00 bits per heavy atom. The molecular formula is C26H29FN8O. The Morgan fingerprint density at radius 1 is 1.19 bits per heavy atom. The van der Waals surface area contributed by atoms with Gasteiger partial charge in [0.25, 0.3) is 5.91 Å². The largest absolute Gasteiger partial charge is 0.320 e. The van der Waals surface area contributed by atoms with Gasteiger partial charge in [-0.05, 0) is 67.9 Å². The molecule has 2 aliphatic carbocycles. The minimum Gasteiger partial charge on any atom is -0.320 e. The van der Waals surface area contributed by atoms with Crippen molar-refractivity contribution in [1.29, 1.82) is 0 Å². The van der Waals surface area contributed by atoms with Crippen molar-refractivity contribution in [2.75, 3.05) is 5.32 Å². The fraction of sp³-hybridized carbons (Fsp3) is 0.423. The van der Waals surface area contributed by atoms with Gasteiger partial charge < -0.3 is 15.2 Å². The predicted octanol–water partition coefficient (Wildman–Crippen LogP) is 3.61. The summed E-state index contributed by atoms with van der Waals surface area (Å²) < 4.78 is 17.7. The van der Waals surface area contributed by atoms with Crippen LogP contribution in [0.3, 0.4) is 0 Å². The van der Waals surface area contributed by atoms with E-state index in [0.29, 0.717) is 18.2 Å². The van der Waals surface area contributed by atoms with Crippen molar-refractivity contribution in [1.82, 2.24) is 34.7 Å². The monoisotopic (exact) mass is 488 g/mol. The lowest BCUT2D eigenvalue weighted by Gasteiger charge is -2.45. The van der Waals surface area contributed by atoms with Crippen LogP contribution in [-0.4, -0.2) is 40.8 Å². The fourth-order valence-corrected chi connectivity index (χ4v) is 5.42. The van der Waals surface area contributed by atoms with Gasteiger partial charge in [-0.2, -0.15) is 5.10 Å². The molecule has 2 N–H and O–H groups in total. The van der Waals surface area contributed by atoms with E-state index in [1.54, 1.807) is 24.7 Å². The van der Waals surface area contributed by atoms with Crippen LogP contribution in [0.15, 0.2) is 43.1 Å². The number of amides is 1. The number of fused-ring (bicyclic) bond motifs is 1. The first-order valence-electron chi connectivity index (χ1n) is 12.3. The molecular weight excluding hydrogens is 459 g/mol. The molecule has 2 aliphatic rings. The minimum absolute atomic E-state index is 0.122. The van der Waals surface area contributed by atoms with E-state index in [4.69, 9.17) is 0 Å². The zero-order valence-corrected chi connectivity index (χ0v) is 20.6. The average Bonchev–Trinajstić information content (AvgIpc) is 3.23. The molecule has 0 bridgehead atoms. The molecule has 0 radical (unpaired) electrons. The lowest BCUT2D eigenvalue weighted by molar-refractivity contribution is 0.101. The number of aromatic nitrogens is 6. The quantitative estimate of drug-likeness (QED) is 0.412. The Bertz CT molecular complexity index is 1460. The molecule has 0 atom stereocenters. The van der Waals surface area contributed by atoms with E-state index >= 15 is 0 Å². The molecule has 2 saturated carbocycles. The molecule has 2 fully saturated rings. The molecule has 10 heteroatoms. The molecule has 6 rings (SSSR count). The van der Waals surface area contributed by atoms with Crippen LogP contribution in [0.1, 0.15) is 67.0 Å². The number of nitrogens with zero attached hydrogens (tertiary/aromatic N) is 6. The Morgan fingerprint density at radius 3 is 2.69 bits per heavy atom. The molecule has 9 nitrogen and oxygen atoms in total. The number of pyridine rings is 2. The van der Waals surface area contributed by atoms with E-state index in [0.717, 1.165) is 48.8 Å². The van der Waals surface area contributed by atoms with Gasteiger partial charge in [0.1, 0.15) is 23.4 Å². The number of nitrogens with one attached hydrogen (secondary N) is 2. The molecule has 0 spiro atoms. The first kappa shape index (κ1) is 22.8. The lowest BCUT2D eigenvalue weighted by atomic mass is 9.59. The van der Waals surface area contributed by atoms with Crippen LogP contribution in [0.5, 0.6) is 0 Å². The average molecular weight is 489 g/mol. The van der Waals surface area contributed by atoms with E-state index < -0.39 is 5.82 Å². The summed E-state index contributed by atoms with van der Waals surface area (Å²) in [6, 6.07) is 5.45. The predicted molar refractivity (Wildman–Crippen MR) is 132 cm³/mol. The number of rotatable bonds is 7. The zero-order chi connectivity index (χ0) is 25.1. The van der Waals surface area contributed by atoms with Gasteiger partial charge in [-0.1, -0.05) is 6.92 Å². The molecule has 4 heterocycles. The normalized spacial score (nSPS) is 22.4. The van der Waals surface area contributed by atoms with Crippen LogP contribution in [0.2, 0.25) is 0 Å². The molecule has 0 aromatic carbocycles. The summed E-state index contributed by atoms with van der Waals surface area (Å²) in [5.74, 6) is 0.606. The first-order chi connectivity index (χ1) is 17.3. The van der Waals surface area contributed by atoms with Gasteiger partial charge in [0, 0.05) is 25.3 Å². The Labute approximate surface area is 208 Å². The van der Waals surface area contributed by atoms with Crippen molar-refractivity contribution in [2.24, 2.45) is 13.0 Å². The van der Waals surface area contributed by atoms with Crippen LogP contribution in [0.25, 0.3) is 5.52 Å². The number of carbonyl (C=O) groups excluding carboxylic acids is 1. The third-order valence-corrected chi connectivity index (χ3v) is 7.67. The highest BCUT2D eigenvalue weighted by molar-refractivity contribution is 6.03. The summed E-state index contributed by atoms with van der Waals surface area (Å²) in [6.07, 6.45) is 10.4. The first-order valence-corrected chi connectivity index (χ1v) is 12.3. The van der Waals surface area contributed by atoms with Gasteiger partial charge in [0.05, 0.1) is 23.5 Å². The van der Waals surface area contributed by atoms with Gasteiger partial charge in [0.2, 0.25) is 0 Å². The van der Waals surface area contributed by atoms with Gasteiger partial charge in [-0.15, -0.1) is 10.2 Å². The lowest BCUT2D eigenvalue weighted by Crippen LogP contribution is -2.43. The number of anilines is 1. The topological polar surface area (TPSA) is 102 Å². The highest BCUT2D eigenvalue weighted by Crippen LogP contribution is 2.51. The number of aryl methyl sites for hydroxylation is 1. The summed E-state index contributed by atoms with van der Waals surface area (Å²) in [7, 11) is 1.94. The van der Waals surface area contributed by atoms with Gasteiger partial charge >= 0.3 is 0 Å². The maximum absolute atomic E-state index is 14.5. The van der Waals surface area contributed by atoms with Crippen LogP contribution >= 0.6 is 0 Å². The van der Waals surface area contributed by atoms with Crippen molar-refractivity contribution < 1.29 is 9.18 Å². The standard InChI is InChI=1S/C26H29FN8O/c1-16-9-26(10-16,24-33-30-15-34(24)3)18-8-19(13-28-12-18)32-23(36)22-7-17(11-29-25(2)4-5-25)6-21-20(27)14-31-35(21)22/h6-8,12-16,29H,4-5,9-11H2,1-3H3,(H,32,36). The van der Waals surface area contributed by atoms with E-state index in [-0.39, 0.29) is 28.1 Å². The Hall–Kier alpha value is -3.66. The zero-order valence-electron chi connectivity index (χ0n) is 20.6. The minimum atomic E-state index is -0.461. The van der Waals surface area contributed by atoms with Crippen LogP contribution in [-0.2, 0) is 19.0 Å². The molecule has 36 heavy (non-hydrogen) atoms. The maximum Gasteiger partial charge on any atom is 0.274 e. The van der Waals surface area contributed by atoms with Crippen molar-refractivity contribution in [2.45, 2.75) is 57.0 Å². The van der Waals surface area contributed by atoms with E-state index in [1.165, 1.54) is 4.52 Å². The highest BCUT2D eigenvalue weighted by atomic mass is 19.1. The Kier molecular flexibility index (Phi) is 5.18.